The molecular weight excluding hydrogens is 321 g/mol. The van der Waals surface area contributed by atoms with Crippen LogP contribution in [0.2, 0.25) is 0 Å². The Labute approximate surface area is 118 Å². The van der Waals surface area contributed by atoms with E-state index < -0.39 is 12.1 Å². The fourth-order valence-electron chi connectivity index (χ4n) is 2.49. The van der Waals surface area contributed by atoms with Crippen molar-refractivity contribution in [2.45, 2.75) is 25.6 Å². The van der Waals surface area contributed by atoms with Gasteiger partial charge in [0.15, 0.2) is 0 Å². The van der Waals surface area contributed by atoms with Crippen LogP contribution < -0.4 is 10.6 Å². The van der Waals surface area contributed by atoms with Crippen molar-refractivity contribution in [2.75, 3.05) is 18.0 Å². The third-order valence-electron chi connectivity index (χ3n) is 3.60. The second-order valence-electron chi connectivity index (χ2n) is 4.74. The van der Waals surface area contributed by atoms with Crippen LogP contribution in [0.5, 0.6) is 0 Å². The fraction of sp³-hybridized carbons (Fsp3) is 0.538. The lowest BCUT2D eigenvalue weighted by atomic mass is 9.95. The van der Waals surface area contributed by atoms with Crippen LogP contribution in [0.15, 0.2) is 22.7 Å². The Bertz CT molecular complexity index is 440. The summed E-state index contributed by atoms with van der Waals surface area (Å²) in [7, 11) is 0. The van der Waals surface area contributed by atoms with Crippen molar-refractivity contribution in [1.29, 1.82) is 0 Å². The van der Waals surface area contributed by atoms with Crippen LogP contribution in [0, 0.1) is 5.92 Å². The Morgan fingerprint density at radius 3 is 2.42 bits per heavy atom. The molecule has 6 heteroatoms. The van der Waals surface area contributed by atoms with Crippen LogP contribution in [0.4, 0.5) is 18.9 Å². The van der Waals surface area contributed by atoms with Gasteiger partial charge in [-0.15, -0.1) is 0 Å². The SMILES string of the molecule is NCc1c(Br)cccc1N1CCC(C(F)(F)F)CC1. The van der Waals surface area contributed by atoms with E-state index in [0.717, 1.165) is 15.7 Å². The lowest BCUT2D eigenvalue weighted by Crippen LogP contribution is -2.39. The van der Waals surface area contributed by atoms with Gasteiger partial charge in [0.05, 0.1) is 5.92 Å². The molecule has 0 saturated carbocycles. The first-order valence-electron chi connectivity index (χ1n) is 6.22. The van der Waals surface area contributed by atoms with E-state index in [4.69, 9.17) is 5.73 Å². The van der Waals surface area contributed by atoms with E-state index in [2.05, 4.69) is 15.9 Å². The Balaban J connectivity index is 2.12. The topological polar surface area (TPSA) is 29.3 Å². The van der Waals surface area contributed by atoms with Crippen LogP contribution >= 0.6 is 15.9 Å². The molecule has 19 heavy (non-hydrogen) atoms. The average Bonchev–Trinajstić information content (AvgIpc) is 2.37. The molecule has 1 aliphatic heterocycles. The summed E-state index contributed by atoms with van der Waals surface area (Å²) in [5.74, 6) is -1.17. The highest BCUT2D eigenvalue weighted by atomic mass is 79.9. The van der Waals surface area contributed by atoms with Crippen molar-refractivity contribution in [3.8, 4) is 0 Å². The second-order valence-corrected chi connectivity index (χ2v) is 5.60. The molecule has 1 aromatic carbocycles. The van der Waals surface area contributed by atoms with Gasteiger partial charge in [-0.3, -0.25) is 0 Å². The zero-order chi connectivity index (χ0) is 14.0. The molecule has 0 amide bonds. The average molecular weight is 337 g/mol. The molecule has 106 valence electrons. The van der Waals surface area contributed by atoms with Crippen molar-refractivity contribution in [3.63, 3.8) is 0 Å². The van der Waals surface area contributed by atoms with Gasteiger partial charge in [-0.05, 0) is 25.0 Å². The van der Waals surface area contributed by atoms with Crippen molar-refractivity contribution < 1.29 is 13.2 Å². The Morgan fingerprint density at radius 1 is 1.26 bits per heavy atom. The monoisotopic (exact) mass is 336 g/mol. The molecule has 0 aromatic heterocycles. The number of hydrogen-bond donors (Lipinski definition) is 1. The van der Waals surface area contributed by atoms with Gasteiger partial charge in [-0.2, -0.15) is 13.2 Å². The van der Waals surface area contributed by atoms with Crippen LogP contribution in [-0.4, -0.2) is 19.3 Å². The fourth-order valence-corrected chi connectivity index (χ4v) is 3.01. The Hall–Kier alpha value is -0.750. The number of piperidine rings is 1. The molecule has 2 N–H and O–H groups in total. The Kier molecular flexibility index (Phi) is 4.40. The van der Waals surface area contributed by atoms with Crippen molar-refractivity contribution in [1.82, 2.24) is 0 Å². The van der Waals surface area contributed by atoms with E-state index in [1.807, 2.05) is 23.1 Å². The minimum Gasteiger partial charge on any atom is -0.371 e. The van der Waals surface area contributed by atoms with E-state index in [9.17, 15) is 13.2 Å². The van der Waals surface area contributed by atoms with Gasteiger partial charge in [0.25, 0.3) is 0 Å². The first-order valence-corrected chi connectivity index (χ1v) is 7.02. The molecule has 1 fully saturated rings. The van der Waals surface area contributed by atoms with Gasteiger partial charge in [0.1, 0.15) is 0 Å². The predicted molar refractivity (Wildman–Crippen MR) is 73.0 cm³/mol. The highest BCUT2D eigenvalue weighted by Crippen LogP contribution is 2.36. The maximum atomic E-state index is 12.6. The van der Waals surface area contributed by atoms with Gasteiger partial charge in [0.2, 0.25) is 0 Å². The summed E-state index contributed by atoms with van der Waals surface area (Å²) in [4.78, 5) is 2.00. The summed E-state index contributed by atoms with van der Waals surface area (Å²) in [5.41, 5.74) is 7.61. The minimum atomic E-state index is -4.07. The normalized spacial score (nSPS) is 17.8. The lowest BCUT2D eigenvalue weighted by Gasteiger charge is -2.35. The maximum absolute atomic E-state index is 12.6. The Morgan fingerprint density at radius 2 is 1.89 bits per heavy atom. The third-order valence-corrected chi connectivity index (χ3v) is 4.34. The molecule has 1 heterocycles. The van der Waals surface area contributed by atoms with Gasteiger partial charge in [-0.25, -0.2) is 0 Å². The second kappa shape index (κ2) is 5.71. The summed E-state index contributed by atoms with van der Waals surface area (Å²) in [6.45, 7) is 1.22. The van der Waals surface area contributed by atoms with Crippen LogP contribution in [-0.2, 0) is 6.54 Å². The third kappa shape index (κ3) is 3.23. The number of rotatable bonds is 2. The molecule has 0 atom stereocenters. The number of halogens is 4. The van der Waals surface area contributed by atoms with E-state index in [1.54, 1.807) is 0 Å². The summed E-state index contributed by atoms with van der Waals surface area (Å²) in [5, 5.41) is 0. The number of nitrogens with zero attached hydrogens (tertiary/aromatic N) is 1. The number of benzene rings is 1. The first-order chi connectivity index (χ1) is 8.93. The smallest absolute Gasteiger partial charge is 0.371 e. The number of hydrogen-bond acceptors (Lipinski definition) is 2. The van der Waals surface area contributed by atoms with Crippen molar-refractivity contribution in [2.24, 2.45) is 11.7 Å². The lowest BCUT2D eigenvalue weighted by molar-refractivity contribution is -0.179. The quantitative estimate of drug-likeness (QED) is 0.892. The van der Waals surface area contributed by atoms with Crippen LogP contribution in [0.1, 0.15) is 18.4 Å². The number of anilines is 1. The minimum absolute atomic E-state index is 0.153. The van der Waals surface area contributed by atoms with Crippen LogP contribution in [0.25, 0.3) is 0 Å². The standard InChI is InChI=1S/C13H16BrF3N2/c14-11-2-1-3-12(10(11)8-18)19-6-4-9(5-7-19)13(15,16)17/h1-3,9H,4-8,18H2. The summed E-state index contributed by atoms with van der Waals surface area (Å²) in [6.07, 6.45) is -3.76. The zero-order valence-corrected chi connectivity index (χ0v) is 12.0. The molecule has 1 aromatic rings. The van der Waals surface area contributed by atoms with Crippen LogP contribution in [0.3, 0.4) is 0 Å². The molecule has 2 rings (SSSR count). The molecule has 2 nitrogen and oxygen atoms in total. The first kappa shape index (κ1) is 14.7. The van der Waals surface area contributed by atoms with Gasteiger partial charge >= 0.3 is 6.18 Å². The molecular formula is C13H16BrF3N2. The van der Waals surface area contributed by atoms with E-state index in [1.165, 1.54) is 0 Å². The van der Waals surface area contributed by atoms with E-state index in [-0.39, 0.29) is 12.8 Å². The van der Waals surface area contributed by atoms with Gasteiger partial charge in [-0.1, -0.05) is 22.0 Å². The summed E-state index contributed by atoms with van der Waals surface area (Å²) >= 11 is 3.43. The highest BCUT2D eigenvalue weighted by Gasteiger charge is 2.41. The zero-order valence-electron chi connectivity index (χ0n) is 10.4. The van der Waals surface area contributed by atoms with Crippen molar-refractivity contribution >= 4 is 21.6 Å². The summed E-state index contributed by atoms with van der Waals surface area (Å²) in [6, 6.07) is 5.70. The van der Waals surface area contributed by atoms with E-state index in [0.29, 0.717) is 19.6 Å². The molecule has 0 aliphatic carbocycles. The highest BCUT2D eigenvalue weighted by molar-refractivity contribution is 9.10. The van der Waals surface area contributed by atoms with E-state index >= 15 is 0 Å². The molecule has 1 aliphatic rings. The van der Waals surface area contributed by atoms with Gasteiger partial charge < -0.3 is 10.6 Å². The molecule has 0 radical (unpaired) electrons. The largest absolute Gasteiger partial charge is 0.391 e. The number of nitrogens with two attached hydrogens (primary N) is 1. The molecule has 0 unspecified atom stereocenters. The molecule has 0 spiro atoms. The maximum Gasteiger partial charge on any atom is 0.391 e. The summed E-state index contributed by atoms with van der Waals surface area (Å²) < 4.78 is 38.8. The molecule has 0 bridgehead atoms. The predicted octanol–water partition coefficient (Wildman–Crippen LogP) is 3.69. The van der Waals surface area contributed by atoms with Crippen molar-refractivity contribution in [3.05, 3.63) is 28.2 Å². The molecule has 1 saturated heterocycles. The number of alkyl halides is 3. The van der Waals surface area contributed by atoms with Gasteiger partial charge in [0, 0.05) is 35.4 Å².